The van der Waals surface area contributed by atoms with Crippen molar-refractivity contribution in [1.82, 2.24) is 16.0 Å². The van der Waals surface area contributed by atoms with Crippen molar-refractivity contribution in [2.45, 2.75) is 25.4 Å². The fourth-order valence-corrected chi connectivity index (χ4v) is 3.40. The Kier molecular flexibility index (Phi) is 9.96. The van der Waals surface area contributed by atoms with Crippen LogP contribution in [0.2, 0.25) is 0 Å². The first-order valence-corrected chi connectivity index (χ1v) is 10.0. The van der Waals surface area contributed by atoms with Gasteiger partial charge in [0.25, 0.3) is 0 Å². The van der Waals surface area contributed by atoms with E-state index < -0.39 is 11.6 Å². The average Bonchev–Trinajstić information content (AvgIpc) is 3.20. The van der Waals surface area contributed by atoms with Crippen LogP contribution in [0, 0.1) is 11.6 Å². The zero-order chi connectivity index (χ0) is 21.3. The summed E-state index contributed by atoms with van der Waals surface area (Å²) in [6.07, 6.45) is 1.13. The largest absolute Gasteiger partial charge is 0.367 e. The Balaban J connectivity index is 0.00000341. The summed E-state index contributed by atoms with van der Waals surface area (Å²) in [5.41, 5.74) is 1.46. The smallest absolute Gasteiger partial charge is 0.222 e. The summed E-state index contributed by atoms with van der Waals surface area (Å²) in [6.45, 7) is 2.20. The molecule has 1 saturated heterocycles. The van der Waals surface area contributed by atoms with E-state index in [1.807, 2.05) is 35.2 Å². The number of carbonyl (C=O) groups excluding carboxylic acids is 1. The summed E-state index contributed by atoms with van der Waals surface area (Å²) < 4.78 is 27.1. The molecule has 0 aliphatic carbocycles. The van der Waals surface area contributed by atoms with Gasteiger partial charge in [0, 0.05) is 51.8 Å². The first-order valence-electron chi connectivity index (χ1n) is 10.0. The molecule has 1 unspecified atom stereocenters. The third-order valence-electron chi connectivity index (χ3n) is 4.98. The van der Waals surface area contributed by atoms with Gasteiger partial charge in [-0.15, -0.1) is 24.0 Å². The van der Waals surface area contributed by atoms with E-state index in [9.17, 15) is 13.6 Å². The Morgan fingerprint density at radius 3 is 2.65 bits per heavy atom. The first kappa shape index (κ1) is 24.8. The van der Waals surface area contributed by atoms with Crippen LogP contribution in [0.25, 0.3) is 0 Å². The molecule has 1 amide bonds. The van der Waals surface area contributed by atoms with E-state index in [0.29, 0.717) is 44.2 Å². The van der Waals surface area contributed by atoms with E-state index in [1.165, 1.54) is 12.1 Å². The van der Waals surface area contributed by atoms with Crippen molar-refractivity contribution in [3.8, 4) is 0 Å². The van der Waals surface area contributed by atoms with Gasteiger partial charge < -0.3 is 20.9 Å². The van der Waals surface area contributed by atoms with Crippen molar-refractivity contribution >= 4 is 41.5 Å². The van der Waals surface area contributed by atoms with Gasteiger partial charge in [-0.05, 0) is 24.1 Å². The molecular weight excluding hydrogens is 515 g/mol. The van der Waals surface area contributed by atoms with Crippen molar-refractivity contribution in [2.24, 2.45) is 4.99 Å². The van der Waals surface area contributed by atoms with Crippen molar-refractivity contribution in [3.63, 3.8) is 0 Å². The second-order valence-corrected chi connectivity index (χ2v) is 7.18. The fourth-order valence-electron chi connectivity index (χ4n) is 3.40. The number of aliphatic imine (C=N–C) groups is 1. The lowest BCUT2D eigenvalue weighted by atomic mass is 10.2. The molecule has 3 N–H and O–H groups in total. The van der Waals surface area contributed by atoms with Crippen LogP contribution in [0.3, 0.4) is 0 Å². The molecule has 1 heterocycles. The number of halogens is 3. The number of nitrogens with one attached hydrogen (secondary N) is 3. The molecule has 2 aromatic carbocycles. The number of hydrogen-bond donors (Lipinski definition) is 3. The molecular formula is C22H28F2IN5O. The van der Waals surface area contributed by atoms with Crippen LogP contribution in [0.4, 0.5) is 14.5 Å². The zero-order valence-electron chi connectivity index (χ0n) is 17.4. The van der Waals surface area contributed by atoms with Crippen LogP contribution < -0.4 is 20.9 Å². The van der Waals surface area contributed by atoms with Gasteiger partial charge in [0.15, 0.2) is 5.96 Å². The van der Waals surface area contributed by atoms with E-state index in [4.69, 9.17) is 0 Å². The number of guanidine groups is 1. The molecule has 0 spiro atoms. The summed E-state index contributed by atoms with van der Waals surface area (Å²) in [5.74, 6) is -0.583. The molecule has 31 heavy (non-hydrogen) atoms. The fraction of sp³-hybridized carbons (Fsp3) is 0.364. The summed E-state index contributed by atoms with van der Waals surface area (Å²) in [5, 5.41) is 9.32. The van der Waals surface area contributed by atoms with Crippen molar-refractivity contribution in [1.29, 1.82) is 0 Å². The molecule has 0 saturated carbocycles. The van der Waals surface area contributed by atoms with Gasteiger partial charge >= 0.3 is 0 Å². The lowest BCUT2D eigenvalue weighted by Gasteiger charge is -2.21. The minimum atomic E-state index is -0.581. The predicted octanol–water partition coefficient (Wildman–Crippen LogP) is 3.03. The Morgan fingerprint density at radius 2 is 1.94 bits per heavy atom. The van der Waals surface area contributed by atoms with E-state index >= 15 is 0 Å². The molecule has 1 fully saturated rings. The number of rotatable bonds is 7. The van der Waals surface area contributed by atoms with E-state index in [-0.39, 0.29) is 35.9 Å². The van der Waals surface area contributed by atoms with Crippen LogP contribution in [0.15, 0.2) is 53.5 Å². The number of carbonyl (C=O) groups is 1. The number of anilines is 1. The van der Waals surface area contributed by atoms with Crippen LogP contribution in [-0.2, 0) is 11.3 Å². The molecule has 0 aromatic heterocycles. The van der Waals surface area contributed by atoms with Crippen molar-refractivity contribution < 1.29 is 13.6 Å². The number of benzene rings is 2. The highest BCUT2D eigenvalue weighted by atomic mass is 127. The first-order chi connectivity index (χ1) is 14.5. The molecule has 1 aliphatic rings. The molecule has 0 radical (unpaired) electrons. The summed E-state index contributed by atoms with van der Waals surface area (Å²) in [6, 6.07) is 13.5. The van der Waals surface area contributed by atoms with Crippen LogP contribution in [-0.4, -0.2) is 44.6 Å². The third-order valence-corrected chi connectivity index (χ3v) is 4.98. The van der Waals surface area contributed by atoms with Crippen LogP contribution >= 0.6 is 24.0 Å². The average molecular weight is 543 g/mol. The summed E-state index contributed by atoms with van der Waals surface area (Å²) in [4.78, 5) is 18.1. The van der Waals surface area contributed by atoms with Gasteiger partial charge in [-0.3, -0.25) is 9.79 Å². The quantitative estimate of drug-likeness (QED) is 0.286. The second-order valence-electron chi connectivity index (χ2n) is 7.18. The molecule has 1 atom stereocenters. The van der Waals surface area contributed by atoms with E-state index in [2.05, 4.69) is 20.9 Å². The highest BCUT2D eigenvalue weighted by Gasteiger charge is 2.25. The second kappa shape index (κ2) is 12.4. The number of nitrogens with zero attached hydrogens (tertiary/aromatic N) is 2. The van der Waals surface area contributed by atoms with Gasteiger partial charge in [-0.2, -0.15) is 0 Å². The molecule has 168 valence electrons. The van der Waals surface area contributed by atoms with Crippen LogP contribution in [0.1, 0.15) is 18.4 Å². The molecule has 1 aliphatic heterocycles. The Hall–Kier alpha value is -2.43. The molecule has 3 rings (SSSR count). The van der Waals surface area contributed by atoms with Crippen molar-refractivity contribution in [2.75, 3.05) is 31.6 Å². The maximum atomic E-state index is 14.0. The lowest BCUT2D eigenvalue weighted by Crippen LogP contribution is -2.45. The predicted molar refractivity (Wildman–Crippen MR) is 130 cm³/mol. The molecule has 6 nitrogen and oxygen atoms in total. The van der Waals surface area contributed by atoms with Crippen molar-refractivity contribution in [3.05, 3.63) is 65.7 Å². The molecule has 2 aromatic rings. The van der Waals surface area contributed by atoms with Gasteiger partial charge in [0.1, 0.15) is 11.6 Å². The maximum absolute atomic E-state index is 14.0. The lowest BCUT2D eigenvalue weighted by molar-refractivity contribution is -0.121. The Bertz CT molecular complexity index is 881. The highest BCUT2D eigenvalue weighted by Crippen LogP contribution is 2.24. The number of hydrogen-bond acceptors (Lipinski definition) is 3. The normalized spacial score (nSPS) is 15.9. The third kappa shape index (κ3) is 7.64. The zero-order valence-corrected chi connectivity index (χ0v) is 19.7. The highest BCUT2D eigenvalue weighted by molar-refractivity contribution is 14.0. The van der Waals surface area contributed by atoms with Gasteiger partial charge in [0.2, 0.25) is 5.91 Å². The monoisotopic (exact) mass is 543 g/mol. The summed E-state index contributed by atoms with van der Waals surface area (Å²) >= 11 is 0. The topological polar surface area (TPSA) is 68.8 Å². The van der Waals surface area contributed by atoms with Gasteiger partial charge in [0.05, 0.1) is 5.69 Å². The standard InChI is InChI=1S/C22H27F2N5O.HI/c1-25-22(26-11-9-21(30)27-14-16-5-3-2-4-6-16)28-18-10-12-29(15-18)20-8-7-17(23)13-19(20)24;/h2-8,13,18H,9-12,14-15H2,1H3,(H,27,30)(H2,25,26,28);1H. The van der Waals surface area contributed by atoms with Crippen LogP contribution in [0.5, 0.6) is 0 Å². The minimum absolute atomic E-state index is 0. The van der Waals surface area contributed by atoms with Gasteiger partial charge in [-0.1, -0.05) is 30.3 Å². The maximum Gasteiger partial charge on any atom is 0.222 e. The minimum Gasteiger partial charge on any atom is -0.367 e. The van der Waals surface area contributed by atoms with Gasteiger partial charge in [-0.25, -0.2) is 8.78 Å². The molecule has 0 bridgehead atoms. The molecule has 9 heteroatoms. The Morgan fingerprint density at radius 1 is 1.16 bits per heavy atom. The van der Waals surface area contributed by atoms with E-state index in [0.717, 1.165) is 18.1 Å². The SMILES string of the molecule is CN=C(NCCC(=O)NCc1ccccc1)NC1CCN(c2ccc(F)cc2F)C1.I. The van der Waals surface area contributed by atoms with E-state index in [1.54, 1.807) is 7.05 Å². The Labute approximate surface area is 198 Å². The number of amides is 1. The summed E-state index contributed by atoms with van der Waals surface area (Å²) in [7, 11) is 1.66.